The van der Waals surface area contributed by atoms with Crippen LogP contribution in [0, 0.1) is 0 Å². The second-order valence-corrected chi connectivity index (χ2v) is 8.28. The fourth-order valence-electron chi connectivity index (χ4n) is 3.56. The van der Waals surface area contributed by atoms with Crippen molar-refractivity contribution in [1.82, 2.24) is 14.5 Å². The number of para-hydroxylation sites is 1. The van der Waals surface area contributed by atoms with Gasteiger partial charge in [-0.2, -0.15) is 0 Å². The maximum atomic E-state index is 12.7. The molecule has 0 spiro atoms. The highest BCUT2D eigenvalue weighted by atomic mass is 32.2. The number of anilines is 1. The summed E-state index contributed by atoms with van der Waals surface area (Å²) in [5, 5.41) is 3.43. The number of amides is 1. The highest BCUT2D eigenvalue weighted by molar-refractivity contribution is 7.98. The summed E-state index contributed by atoms with van der Waals surface area (Å²) in [4.78, 5) is 31.6. The van der Waals surface area contributed by atoms with E-state index in [0.29, 0.717) is 10.8 Å². The number of hydrogen-bond donors (Lipinski definition) is 1. The summed E-state index contributed by atoms with van der Waals surface area (Å²) in [7, 11) is 0. The minimum atomic E-state index is -0.609. The van der Waals surface area contributed by atoms with Crippen molar-refractivity contribution in [3.63, 3.8) is 0 Å². The number of benzene rings is 2. The van der Waals surface area contributed by atoms with E-state index >= 15 is 0 Å². The van der Waals surface area contributed by atoms with Gasteiger partial charge in [-0.05, 0) is 36.1 Å². The Morgan fingerprint density at radius 2 is 1.82 bits per heavy atom. The lowest BCUT2D eigenvalue weighted by molar-refractivity contribution is -0.119. The third-order valence-corrected chi connectivity index (χ3v) is 5.87. The van der Waals surface area contributed by atoms with Gasteiger partial charge in [0.05, 0.1) is 19.4 Å². The highest BCUT2D eigenvalue weighted by Crippen LogP contribution is 2.22. The number of hydrogen-bond acceptors (Lipinski definition) is 7. The number of imidazole rings is 1. The Morgan fingerprint density at radius 1 is 1.09 bits per heavy atom. The zero-order valence-corrected chi connectivity index (χ0v) is 19.2. The largest absolute Gasteiger partial charge is 0.451 e. The summed E-state index contributed by atoms with van der Waals surface area (Å²) < 4.78 is 12.4. The number of nitrogens with one attached hydrogen (secondary N) is 1. The van der Waals surface area contributed by atoms with Crippen LogP contribution >= 0.6 is 11.8 Å². The van der Waals surface area contributed by atoms with E-state index in [-0.39, 0.29) is 12.3 Å². The third-order valence-electron chi connectivity index (χ3n) is 5.22. The minimum absolute atomic E-state index is 0.269. The average molecular weight is 467 g/mol. The first kappa shape index (κ1) is 23.0. The number of aromatic nitrogens is 2. The molecule has 1 aromatic heterocycles. The van der Waals surface area contributed by atoms with Crippen LogP contribution in [-0.2, 0) is 20.8 Å². The van der Waals surface area contributed by atoms with Crippen LogP contribution in [0.25, 0.3) is 5.69 Å². The number of thioether (sulfide) groups is 1. The van der Waals surface area contributed by atoms with Crippen molar-refractivity contribution in [3.05, 3.63) is 72.1 Å². The van der Waals surface area contributed by atoms with Gasteiger partial charge in [-0.3, -0.25) is 14.3 Å². The zero-order chi connectivity index (χ0) is 23.0. The molecule has 1 N–H and O–H groups in total. The summed E-state index contributed by atoms with van der Waals surface area (Å²) in [6.45, 7) is 3.83. The van der Waals surface area contributed by atoms with E-state index in [9.17, 15) is 9.59 Å². The topological polar surface area (TPSA) is 85.7 Å². The maximum absolute atomic E-state index is 12.7. The molecule has 0 atom stereocenters. The molecule has 2 aromatic carbocycles. The Labute approximate surface area is 196 Å². The van der Waals surface area contributed by atoms with Gasteiger partial charge >= 0.3 is 5.97 Å². The Balaban J connectivity index is 1.32. The van der Waals surface area contributed by atoms with Crippen molar-refractivity contribution in [2.24, 2.45) is 0 Å². The normalized spacial score (nSPS) is 14.1. The van der Waals surface area contributed by atoms with Crippen LogP contribution < -0.4 is 5.32 Å². The van der Waals surface area contributed by atoms with E-state index in [0.717, 1.165) is 38.5 Å². The predicted octanol–water partition coefficient (Wildman–Crippen LogP) is 3.22. The molecule has 172 valence electrons. The van der Waals surface area contributed by atoms with Crippen LogP contribution in [0.1, 0.15) is 16.1 Å². The lowest BCUT2D eigenvalue weighted by Gasteiger charge is -2.26. The van der Waals surface area contributed by atoms with Gasteiger partial charge in [0.2, 0.25) is 0 Å². The fourth-order valence-corrected chi connectivity index (χ4v) is 4.11. The van der Waals surface area contributed by atoms with Crippen molar-refractivity contribution >= 4 is 29.3 Å². The first-order valence-corrected chi connectivity index (χ1v) is 11.9. The number of morpholine rings is 1. The molecule has 1 aliphatic heterocycles. The Bertz CT molecular complexity index is 1080. The van der Waals surface area contributed by atoms with E-state index in [1.165, 1.54) is 23.5 Å². The Morgan fingerprint density at radius 3 is 2.52 bits per heavy atom. The second-order valence-electron chi connectivity index (χ2n) is 7.51. The molecule has 0 aliphatic carbocycles. The third kappa shape index (κ3) is 6.01. The van der Waals surface area contributed by atoms with Gasteiger partial charge < -0.3 is 14.8 Å². The van der Waals surface area contributed by atoms with Crippen LogP contribution in [0.4, 0.5) is 5.69 Å². The van der Waals surface area contributed by atoms with Gasteiger partial charge in [-0.1, -0.05) is 42.1 Å². The van der Waals surface area contributed by atoms with Gasteiger partial charge in [-0.25, -0.2) is 9.78 Å². The standard InChI is InChI=1S/C24H26N4O4S/c1-33-24-25-15-21(28(24)20-5-3-2-4-6-20)23(30)32-17-22(29)26-19-9-7-18(8-10-19)16-27-11-13-31-14-12-27/h2-10,15H,11-14,16-17H2,1H3,(H,26,29). The van der Waals surface area contributed by atoms with Crippen molar-refractivity contribution < 1.29 is 19.1 Å². The number of carbonyl (C=O) groups excluding carboxylic acids is 2. The SMILES string of the molecule is CSc1ncc(C(=O)OCC(=O)Nc2ccc(CN3CCOCC3)cc2)n1-c1ccccc1. The molecule has 4 rings (SSSR count). The summed E-state index contributed by atoms with van der Waals surface area (Å²) in [5.74, 6) is -1.01. The molecule has 1 amide bonds. The first-order chi connectivity index (χ1) is 16.1. The van der Waals surface area contributed by atoms with Crippen molar-refractivity contribution in [2.75, 3.05) is 44.5 Å². The monoisotopic (exact) mass is 466 g/mol. The Kier molecular flexibility index (Phi) is 7.77. The van der Waals surface area contributed by atoms with E-state index in [1.54, 1.807) is 4.57 Å². The van der Waals surface area contributed by atoms with E-state index in [4.69, 9.17) is 9.47 Å². The second kappa shape index (κ2) is 11.1. The quantitative estimate of drug-likeness (QED) is 0.403. The van der Waals surface area contributed by atoms with Gasteiger partial charge in [0.1, 0.15) is 0 Å². The lowest BCUT2D eigenvalue weighted by atomic mass is 10.2. The van der Waals surface area contributed by atoms with Gasteiger partial charge in [0.15, 0.2) is 17.5 Å². The van der Waals surface area contributed by atoms with Gasteiger partial charge in [-0.15, -0.1) is 0 Å². The highest BCUT2D eigenvalue weighted by Gasteiger charge is 2.20. The van der Waals surface area contributed by atoms with Crippen molar-refractivity contribution in [1.29, 1.82) is 0 Å². The number of ether oxygens (including phenoxy) is 2. The lowest BCUT2D eigenvalue weighted by Crippen LogP contribution is -2.35. The molecule has 9 heteroatoms. The summed E-state index contributed by atoms with van der Waals surface area (Å²) in [5.41, 5.74) is 2.89. The average Bonchev–Trinajstić information content (AvgIpc) is 3.29. The molecule has 2 heterocycles. The molecule has 8 nitrogen and oxygen atoms in total. The summed E-state index contributed by atoms with van der Waals surface area (Å²) in [6.07, 6.45) is 3.35. The summed E-state index contributed by atoms with van der Waals surface area (Å²) in [6, 6.07) is 17.1. The molecular formula is C24H26N4O4S. The first-order valence-electron chi connectivity index (χ1n) is 10.7. The van der Waals surface area contributed by atoms with E-state index in [2.05, 4.69) is 15.2 Å². The van der Waals surface area contributed by atoms with Gasteiger partial charge in [0.25, 0.3) is 5.91 Å². The molecule has 1 aliphatic rings. The number of carbonyl (C=O) groups is 2. The molecule has 3 aromatic rings. The van der Waals surface area contributed by atoms with Crippen LogP contribution in [0.15, 0.2) is 66.0 Å². The van der Waals surface area contributed by atoms with E-state index in [1.807, 2.05) is 60.9 Å². The fraction of sp³-hybridized carbons (Fsp3) is 0.292. The number of nitrogens with zero attached hydrogens (tertiary/aromatic N) is 3. The maximum Gasteiger partial charge on any atom is 0.357 e. The number of rotatable bonds is 8. The van der Waals surface area contributed by atoms with Crippen LogP contribution in [0.3, 0.4) is 0 Å². The smallest absolute Gasteiger partial charge is 0.357 e. The molecule has 0 radical (unpaired) electrons. The van der Waals surface area contributed by atoms with Crippen molar-refractivity contribution in [3.8, 4) is 5.69 Å². The summed E-state index contributed by atoms with van der Waals surface area (Å²) >= 11 is 1.42. The molecule has 0 bridgehead atoms. The van der Waals surface area contributed by atoms with Crippen LogP contribution in [0.2, 0.25) is 0 Å². The Hall–Kier alpha value is -3.14. The molecule has 33 heavy (non-hydrogen) atoms. The molecule has 0 unspecified atom stereocenters. The van der Waals surface area contributed by atoms with Gasteiger partial charge in [0, 0.05) is 31.0 Å². The van der Waals surface area contributed by atoms with E-state index < -0.39 is 11.9 Å². The predicted molar refractivity (Wildman–Crippen MR) is 127 cm³/mol. The number of esters is 1. The molecule has 1 saturated heterocycles. The zero-order valence-electron chi connectivity index (χ0n) is 18.4. The minimum Gasteiger partial charge on any atom is -0.451 e. The van der Waals surface area contributed by atoms with Crippen LogP contribution in [-0.4, -0.2) is 65.5 Å². The molecule has 1 fully saturated rings. The van der Waals surface area contributed by atoms with Crippen LogP contribution in [0.5, 0.6) is 0 Å². The van der Waals surface area contributed by atoms with Crippen molar-refractivity contribution in [2.45, 2.75) is 11.7 Å². The molecular weight excluding hydrogens is 440 g/mol. The molecule has 0 saturated carbocycles.